The van der Waals surface area contributed by atoms with Crippen LogP contribution in [-0.2, 0) is 22.4 Å². The Labute approximate surface area is 155 Å². The molecule has 0 bridgehead atoms. The molecule has 27 heavy (non-hydrogen) atoms. The number of carbonyl (C=O) groups excluding carboxylic acids is 2. The molecule has 136 valence electrons. The molecule has 3 N–H and O–H groups in total. The number of nitrogens with zero attached hydrogens (tertiary/aromatic N) is 3. The van der Waals surface area contributed by atoms with Gasteiger partial charge < -0.3 is 5.32 Å². The van der Waals surface area contributed by atoms with Crippen LogP contribution >= 0.6 is 0 Å². The average molecular weight is 362 g/mol. The van der Waals surface area contributed by atoms with Crippen LogP contribution in [0.2, 0.25) is 0 Å². The zero-order chi connectivity index (χ0) is 18.6. The number of fused-ring (bicyclic) bond motifs is 1. The van der Waals surface area contributed by atoms with Crippen molar-refractivity contribution >= 4 is 23.5 Å². The van der Waals surface area contributed by atoms with Crippen molar-refractivity contribution in [1.82, 2.24) is 20.2 Å². The van der Waals surface area contributed by atoms with Gasteiger partial charge in [0.15, 0.2) is 5.82 Å². The summed E-state index contributed by atoms with van der Waals surface area (Å²) in [5, 5.41) is 12.3. The van der Waals surface area contributed by atoms with Crippen molar-refractivity contribution in [2.24, 2.45) is 0 Å². The summed E-state index contributed by atoms with van der Waals surface area (Å²) in [4.78, 5) is 31.9. The van der Waals surface area contributed by atoms with Gasteiger partial charge in [0.25, 0.3) is 0 Å². The third kappa shape index (κ3) is 4.00. The minimum atomic E-state index is -0.139. The summed E-state index contributed by atoms with van der Waals surface area (Å²) < 4.78 is 0. The predicted octanol–water partition coefficient (Wildman–Crippen LogP) is 2.32. The molecule has 0 unspecified atom stereocenters. The summed E-state index contributed by atoms with van der Waals surface area (Å²) in [6.07, 6.45) is 3.92. The third-order valence-corrected chi connectivity index (χ3v) is 4.31. The Morgan fingerprint density at radius 1 is 1.22 bits per heavy atom. The molecular formula is C19H18N6O2. The van der Waals surface area contributed by atoms with Gasteiger partial charge in [-0.3, -0.25) is 25.0 Å². The van der Waals surface area contributed by atoms with Gasteiger partial charge in [0.05, 0.1) is 6.42 Å². The van der Waals surface area contributed by atoms with E-state index in [1.807, 2.05) is 36.4 Å². The standard InChI is InChI=1S/C19H18N6O2/c26-16(22-19-23-18(24-25-19)15-5-1-2-9-20-15)6-3-4-12-7-8-14-13(10-12)11-17(27)21-14/h1-2,5,7-10H,3-4,6,11H2,(H,21,27)(H2,22,23,24,25,26). The Kier molecular flexibility index (Phi) is 4.61. The van der Waals surface area contributed by atoms with E-state index in [2.05, 4.69) is 30.8 Å². The number of hydrogen-bond donors (Lipinski definition) is 3. The monoisotopic (exact) mass is 362 g/mol. The molecule has 0 radical (unpaired) electrons. The maximum atomic E-state index is 12.1. The number of aromatic nitrogens is 4. The Morgan fingerprint density at radius 2 is 2.15 bits per heavy atom. The van der Waals surface area contributed by atoms with Crippen molar-refractivity contribution in [3.05, 3.63) is 53.7 Å². The Morgan fingerprint density at radius 3 is 3.00 bits per heavy atom. The topological polar surface area (TPSA) is 113 Å². The van der Waals surface area contributed by atoms with Crippen LogP contribution in [0.5, 0.6) is 0 Å². The summed E-state index contributed by atoms with van der Waals surface area (Å²) in [5.41, 5.74) is 3.68. The third-order valence-electron chi connectivity index (χ3n) is 4.31. The van der Waals surface area contributed by atoms with E-state index < -0.39 is 0 Å². The van der Waals surface area contributed by atoms with Crippen molar-refractivity contribution in [1.29, 1.82) is 0 Å². The molecule has 3 aromatic rings. The van der Waals surface area contributed by atoms with Crippen molar-refractivity contribution < 1.29 is 9.59 Å². The summed E-state index contributed by atoms with van der Waals surface area (Å²) in [5.74, 6) is 0.632. The number of rotatable bonds is 6. The minimum Gasteiger partial charge on any atom is -0.326 e. The van der Waals surface area contributed by atoms with E-state index in [1.54, 1.807) is 6.20 Å². The van der Waals surface area contributed by atoms with Crippen molar-refractivity contribution in [3.8, 4) is 11.5 Å². The predicted molar refractivity (Wildman–Crippen MR) is 100.0 cm³/mol. The first-order valence-corrected chi connectivity index (χ1v) is 8.73. The van der Waals surface area contributed by atoms with Gasteiger partial charge in [-0.25, -0.2) is 0 Å². The summed E-state index contributed by atoms with van der Waals surface area (Å²) in [6, 6.07) is 11.4. The lowest BCUT2D eigenvalue weighted by Gasteiger charge is -2.04. The maximum Gasteiger partial charge on any atom is 0.249 e. The quantitative estimate of drug-likeness (QED) is 0.623. The summed E-state index contributed by atoms with van der Waals surface area (Å²) in [7, 11) is 0. The van der Waals surface area contributed by atoms with Crippen LogP contribution < -0.4 is 10.6 Å². The lowest BCUT2D eigenvalue weighted by molar-refractivity contribution is -0.116. The van der Waals surface area contributed by atoms with E-state index in [4.69, 9.17) is 0 Å². The molecular weight excluding hydrogens is 344 g/mol. The van der Waals surface area contributed by atoms with E-state index in [0.717, 1.165) is 23.2 Å². The van der Waals surface area contributed by atoms with Gasteiger partial charge in [-0.2, -0.15) is 4.98 Å². The molecule has 0 fully saturated rings. The van der Waals surface area contributed by atoms with Crippen LogP contribution in [0.1, 0.15) is 24.0 Å². The van der Waals surface area contributed by atoms with Gasteiger partial charge >= 0.3 is 0 Å². The number of aromatic amines is 1. The molecule has 1 aromatic carbocycles. The van der Waals surface area contributed by atoms with Crippen LogP contribution in [0.4, 0.5) is 11.6 Å². The molecule has 0 atom stereocenters. The van der Waals surface area contributed by atoms with Gasteiger partial charge in [0, 0.05) is 18.3 Å². The zero-order valence-corrected chi connectivity index (χ0v) is 14.5. The Hall–Kier alpha value is -3.55. The molecule has 1 aliphatic heterocycles. The fourth-order valence-electron chi connectivity index (χ4n) is 3.01. The van der Waals surface area contributed by atoms with Crippen LogP contribution in [-0.4, -0.2) is 32.0 Å². The molecule has 3 heterocycles. The van der Waals surface area contributed by atoms with Crippen molar-refractivity contribution in [2.75, 3.05) is 10.6 Å². The molecule has 2 aromatic heterocycles. The number of H-pyrrole nitrogens is 1. The fourth-order valence-corrected chi connectivity index (χ4v) is 3.01. The molecule has 0 spiro atoms. The van der Waals surface area contributed by atoms with Gasteiger partial charge in [-0.15, -0.1) is 5.10 Å². The summed E-state index contributed by atoms with van der Waals surface area (Å²) in [6.45, 7) is 0. The van der Waals surface area contributed by atoms with E-state index in [0.29, 0.717) is 30.8 Å². The Balaban J connectivity index is 1.28. The average Bonchev–Trinajstić information content (AvgIpc) is 3.27. The van der Waals surface area contributed by atoms with E-state index in [-0.39, 0.29) is 17.8 Å². The molecule has 2 amide bonds. The van der Waals surface area contributed by atoms with E-state index in [9.17, 15) is 9.59 Å². The molecule has 0 saturated carbocycles. The molecule has 4 rings (SSSR count). The van der Waals surface area contributed by atoms with Gasteiger partial charge in [0.2, 0.25) is 17.8 Å². The highest BCUT2D eigenvalue weighted by Gasteiger charge is 2.17. The number of aryl methyl sites for hydroxylation is 1. The van der Waals surface area contributed by atoms with Crippen LogP contribution in [0, 0.1) is 0 Å². The van der Waals surface area contributed by atoms with E-state index >= 15 is 0 Å². The number of nitrogens with one attached hydrogen (secondary N) is 3. The number of carbonyl (C=O) groups is 2. The largest absolute Gasteiger partial charge is 0.326 e. The Bertz CT molecular complexity index is 983. The van der Waals surface area contributed by atoms with Crippen molar-refractivity contribution in [3.63, 3.8) is 0 Å². The fraction of sp³-hybridized carbons (Fsp3) is 0.211. The first kappa shape index (κ1) is 16.9. The second-order valence-electron chi connectivity index (χ2n) is 6.34. The van der Waals surface area contributed by atoms with Crippen LogP contribution in [0.25, 0.3) is 11.5 Å². The smallest absolute Gasteiger partial charge is 0.249 e. The highest BCUT2D eigenvalue weighted by molar-refractivity contribution is 5.99. The number of anilines is 2. The zero-order valence-electron chi connectivity index (χ0n) is 14.5. The first-order chi connectivity index (χ1) is 13.2. The first-order valence-electron chi connectivity index (χ1n) is 8.73. The minimum absolute atomic E-state index is 0.0260. The normalized spacial score (nSPS) is 12.5. The molecule has 8 heteroatoms. The van der Waals surface area contributed by atoms with Gasteiger partial charge in [0.1, 0.15) is 5.69 Å². The highest BCUT2D eigenvalue weighted by atomic mass is 16.2. The van der Waals surface area contributed by atoms with Crippen molar-refractivity contribution in [2.45, 2.75) is 25.7 Å². The van der Waals surface area contributed by atoms with Gasteiger partial charge in [-0.05, 0) is 42.2 Å². The lowest BCUT2D eigenvalue weighted by atomic mass is 10.0. The number of benzene rings is 1. The van der Waals surface area contributed by atoms with Crippen LogP contribution in [0.3, 0.4) is 0 Å². The van der Waals surface area contributed by atoms with Crippen LogP contribution in [0.15, 0.2) is 42.6 Å². The lowest BCUT2D eigenvalue weighted by Crippen LogP contribution is -2.12. The maximum absolute atomic E-state index is 12.1. The van der Waals surface area contributed by atoms with Gasteiger partial charge in [-0.1, -0.05) is 18.2 Å². The number of amides is 2. The second kappa shape index (κ2) is 7.36. The summed E-state index contributed by atoms with van der Waals surface area (Å²) >= 11 is 0. The SMILES string of the molecule is O=C(CCCc1ccc2c(c1)CC(=O)N2)Nc1n[nH]c(-c2ccccn2)n1. The molecule has 0 aliphatic carbocycles. The molecule has 0 saturated heterocycles. The molecule has 1 aliphatic rings. The van der Waals surface area contributed by atoms with E-state index in [1.165, 1.54) is 0 Å². The molecule has 8 nitrogen and oxygen atoms in total. The highest BCUT2D eigenvalue weighted by Crippen LogP contribution is 2.24. The number of hydrogen-bond acceptors (Lipinski definition) is 5. The number of pyridine rings is 1. The second-order valence-corrected chi connectivity index (χ2v) is 6.34.